The van der Waals surface area contributed by atoms with E-state index >= 15 is 0 Å². The van der Waals surface area contributed by atoms with E-state index in [1.807, 2.05) is 0 Å². The summed E-state index contributed by atoms with van der Waals surface area (Å²) >= 11 is 0. The second-order valence-electron chi connectivity index (χ2n) is 9.64. The van der Waals surface area contributed by atoms with Gasteiger partial charge in [-0.2, -0.15) is 0 Å². The van der Waals surface area contributed by atoms with Crippen molar-refractivity contribution in [1.82, 2.24) is 0 Å². The lowest BCUT2D eigenvalue weighted by molar-refractivity contribution is -0.241. The molecule has 9 N–H and O–H groups in total. The van der Waals surface area contributed by atoms with Gasteiger partial charge in [-0.1, -0.05) is 0 Å². The number of benzene rings is 3. The van der Waals surface area contributed by atoms with Crippen molar-refractivity contribution in [3.63, 3.8) is 0 Å². The predicted molar refractivity (Wildman–Crippen MR) is 142 cm³/mol. The summed E-state index contributed by atoms with van der Waals surface area (Å²) in [6, 6.07) is 5.78. The van der Waals surface area contributed by atoms with Gasteiger partial charge in [0.05, 0.1) is 12.2 Å². The number of carbonyl (C=O) groups is 1. The molecule has 2 heterocycles. The highest BCUT2D eigenvalue weighted by molar-refractivity contribution is 5.91. The fourth-order valence-corrected chi connectivity index (χ4v) is 4.51. The van der Waals surface area contributed by atoms with E-state index in [1.165, 1.54) is 13.0 Å². The van der Waals surface area contributed by atoms with Crippen LogP contribution in [0.5, 0.6) is 46.0 Å². The monoisotopic (exact) mass is 600 g/mol. The third-order valence-corrected chi connectivity index (χ3v) is 6.78. The molecule has 226 valence electrons. The van der Waals surface area contributed by atoms with Gasteiger partial charge in [-0.25, -0.2) is 4.79 Å². The average Bonchev–Trinajstić information content (AvgIpc) is 2.94. The SMILES string of the molecule is Cc1c(-c2oc3cc(O)cc(O)c3c(=O)c2OC2OCC(O)C(O)C2OC(=O)c2cc(O)c(O)c(O)c2)ccc(O)c1O. The van der Waals surface area contributed by atoms with Crippen molar-refractivity contribution >= 4 is 16.9 Å². The molecule has 0 spiro atoms. The third kappa shape index (κ3) is 5.12. The van der Waals surface area contributed by atoms with Gasteiger partial charge in [0, 0.05) is 23.3 Å². The minimum absolute atomic E-state index is 0.00659. The Hall–Kier alpha value is -5.38. The molecule has 5 rings (SSSR count). The number of carbonyl (C=O) groups excluding carboxylic acids is 1. The second kappa shape index (κ2) is 10.8. The number of aliphatic hydroxyl groups is 2. The molecule has 43 heavy (non-hydrogen) atoms. The van der Waals surface area contributed by atoms with Gasteiger partial charge in [0.1, 0.15) is 34.7 Å². The highest BCUT2D eigenvalue weighted by Gasteiger charge is 2.44. The van der Waals surface area contributed by atoms with Crippen LogP contribution in [0.1, 0.15) is 15.9 Å². The Bertz CT molecular complexity index is 1790. The number of hydrogen-bond donors (Lipinski definition) is 9. The molecule has 3 aromatic carbocycles. The minimum Gasteiger partial charge on any atom is -0.508 e. The quantitative estimate of drug-likeness (QED) is 0.116. The Balaban J connectivity index is 1.62. The lowest BCUT2D eigenvalue weighted by Crippen LogP contribution is -2.56. The summed E-state index contributed by atoms with van der Waals surface area (Å²) in [6.07, 6.45) is -7.15. The van der Waals surface area contributed by atoms with Gasteiger partial charge in [-0.15, -0.1) is 0 Å². The average molecular weight is 600 g/mol. The zero-order chi connectivity index (χ0) is 31.3. The first-order valence-electron chi connectivity index (χ1n) is 12.4. The van der Waals surface area contributed by atoms with Crippen LogP contribution in [-0.2, 0) is 9.47 Å². The first kappa shape index (κ1) is 29.1. The first-order chi connectivity index (χ1) is 20.3. The van der Waals surface area contributed by atoms with Crippen molar-refractivity contribution in [3.05, 3.63) is 57.7 Å². The fourth-order valence-electron chi connectivity index (χ4n) is 4.51. The van der Waals surface area contributed by atoms with E-state index in [0.717, 1.165) is 30.3 Å². The summed E-state index contributed by atoms with van der Waals surface area (Å²) in [4.78, 5) is 26.6. The summed E-state index contributed by atoms with van der Waals surface area (Å²) < 4.78 is 22.3. The van der Waals surface area contributed by atoms with Crippen molar-refractivity contribution in [2.24, 2.45) is 0 Å². The second-order valence-corrected chi connectivity index (χ2v) is 9.64. The van der Waals surface area contributed by atoms with E-state index in [4.69, 9.17) is 18.6 Å². The molecule has 0 bridgehead atoms. The zero-order valence-electron chi connectivity index (χ0n) is 22.0. The smallest absolute Gasteiger partial charge is 0.339 e. The van der Waals surface area contributed by atoms with Gasteiger partial charge < -0.3 is 64.6 Å². The summed E-state index contributed by atoms with van der Waals surface area (Å²) in [5.74, 6) is -7.19. The Morgan fingerprint density at radius 3 is 2.23 bits per heavy atom. The standard InChI is InChI=1S/C28H24O15/c1-9-12(2-3-13(30)20(9)35)24-25(23(38)19-14(31)6-11(29)7-18(19)41-24)43-28-26(22(37)17(34)8-40-28)42-27(39)10-4-15(32)21(36)16(33)5-10/h2-7,17,22,26,28-37H,8H2,1H3. The topological polar surface area (TPSA) is 257 Å². The van der Waals surface area contributed by atoms with Gasteiger partial charge in [0.25, 0.3) is 0 Å². The molecular formula is C28H24O15. The molecule has 4 aromatic rings. The lowest BCUT2D eigenvalue weighted by Gasteiger charge is -2.37. The largest absolute Gasteiger partial charge is 0.508 e. The zero-order valence-corrected chi connectivity index (χ0v) is 22.0. The van der Waals surface area contributed by atoms with Crippen molar-refractivity contribution in [1.29, 1.82) is 0 Å². The molecule has 0 saturated carbocycles. The molecular weight excluding hydrogens is 576 g/mol. The molecule has 15 nitrogen and oxygen atoms in total. The summed E-state index contributed by atoms with van der Waals surface area (Å²) in [7, 11) is 0. The molecule has 1 fully saturated rings. The summed E-state index contributed by atoms with van der Waals surface area (Å²) in [5, 5.41) is 90.1. The van der Waals surface area contributed by atoms with Gasteiger partial charge >= 0.3 is 5.97 Å². The van der Waals surface area contributed by atoms with Crippen molar-refractivity contribution in [3.8, 4) is 57.3 Å². The van der Waals surface area contributed by atoms with Crippen molar-refractivity contribution in [2.45, 2.75) is 31.5 Å². The van der Waals surface area contributed by atoms with Gasteiger partial charge in [0.2, 0.25) is 17.5 Å². The highest BCUT2D eigenvalue weighted by Crippen LogP contribution is 2.42. The molecule has 4 atom stereocenters. The van der Waals surface area contributed by atoms with Crippen LogP contribution in [0.15, 0.2) is 45.6 Å². The van der Waals surface area contributed by atoms with E-state index in [9.17, 15) is 55.5 Å². The van der Waals surface area contributed by atoms with Crippen LogP contribution >= 0.6 is 0 Å². The van der Waals surface area contributed by atoms with Gasteiger partial charge in [0.15, 0.2) is 40.6 Å². The van der Waals surface area contributed by atoms with Crippen LogP contribution in [0.3, 0.4) is 0 Å². The van der Waals surface area contributed by atoms with E-state index in [1.54, 1.807) is 0 Å². The van der Waals surface area contributed by atoms with Crippen LogP contribution in [0.2, 0.25) is 0 Å². The van der Waals surface area contributed by atoms with Crippen LogP contribution in [0.25, 0.3) is 22.3 Å². The minimum atomic E-state index is -1.86. The van der Waals surface area contributed by atoms with Crippen LogP contribution in [-0.4, -0.2) is 83.1 Å². The van der Waals surface area contributed by atoms with Crippen LogP contribution in [0.4, 0.5) is 0 Å². The molecule has 1 saturated heterocycles. The lowest BCUT2D eigenvalue weighted by atomic mass is 10.0. The summed E-state index contributed by atoms with van der Waals surface area (Å²) in [5.41, 5.74) is -1.78. The third-order valence-electron chi connectivity index (χ3n) is 6.78. The molecule has 0 radical (unpaired) electrons. The number of rotatable bonds is 5. The van der Waals surface area contributed by atoms with E-state index < -0.39 is 105 Å². The number of aliphatic hydroxyl groups excluding tert-OH is 2. The van der Waals surface area contributed by atoms with Crippen molar-refractivity contribution < 1.29 is 69.4 Å². The summed E-state index contributed by atoms with van der Waals surface area (Å²) in [6.45, 7) is 0.815. The number of esters is 1. The van der Waals surface area contributed by atoms with Crippen molar-refractivity contribution in [2.75, 3.05) is 6.61 Å². The van der Waals surface area contributed by atoms with Gasteiger partial charge in [-0.05, 0) is 31.2 Å². The Morgan fingerprint density at radius 2 is 1.56 bits per heavy atom. The Morgan fingerprint density at radius 1 is 0.884 bits per heavy atom. The predicted octanol–water partition coefficient (Wildman–Crippen LogP) is 1.39. The van der Waals surface area contributed by atoms with Crippen LogP contribution < -0.4 is 10.2 Å². The molecule has 1 aliphatic rings. The molecule has 15 heteroatoms. The van der Waals surface area contributed by atoms with E-state index in [-0.39, 0.29) is 16.7 Å². The number of phenolic OH excluding ortho intramolecular Hbond substituents is 7. The van der Waals surface area contributed by atoms with E-state index in [2.05, 4.69) is 0 Å². The maximum atomic E-state index is 13.7. The Labute approximate surface area is 239 Å². The first-order valence-corrected chi connectivity index (χ1v) is 12.4. The number of aromatic hydroxyl groups is 7. The normalized spacial score (nSPS) is 20.2. The number of hydrogen-bond acceptors (Lipinski definition) is 15. The molecule has 1 aliphatic heterocycles. The molecule has 4 unspecified atom stereocenters. The van der Waals surface area contributed by atoms with E-state index in [0.29, 0.717) is 0 Å². The number of fused-ring (bicyclic) bond motifs is 1. The molecule has 0 aliphatic carbocycles. The highest BCUT2D eigenvalue weighted by atomic mass is 16.7. The molecule has 0 amide bonds. The number of phenols is 7. The fraction of sp³-hybridized carbons (Fsp3) is 0.214. The maximum absolute atomic E-state index is 13.7. The Kier molecular flexibility index (Phi) is 7.31. The van der Waals surface area contributed by atoms with Crippen LogP contribution in [0, 0.1) is 6.92 Å². The molecule has 1 aromatic heterocycles. The van der Waals surface area contributed by atoms with Gasteiger partial charge in [-0.3, -0.25) is 4.79 Å². The maximum Gasteiger partial charge on any atom is 0.339 e. The number of ether oxygens (including phenoxy) is 3.